The van der Waals surface area contributed by atoms with E-state index >= 15 is 0 Å². The highest BCUT2D eigenvalue weighted by Crippen LogP contribution is 1.88. The van der Waals surface area contributed by atoms with Gasteiger partial charge in [-0.1, -0.05) is 13.3 Å². The molecule has 0 aromatic rings. The van der Waals surface area contributed by atoms with Crippen molar-refractivity contribution in [2.75, 3.05) is 6.61 Å². The van der Waals surface area contributed by atoms with Gasteiger partial charge in [0.15, 0.2) is 0 Å². The highest BCUT2D eigenvalue weighted by Gasteiger charge is 2.15. The van der Waals surface area contributed by atoms with Gasteiger partial charge in [0.1, 0.15) is 0 Å². The molecule has 0 saturated carbocycles. The van der Waals surface area contributed by atoms with E-state index in [-0.39, 0.29) is 6.61 Å². The molecule has 66 valence electrons. The first-order valence-electron chi connectivity index (χ1n) is 3.61. The highest BCUT2D eigenvalue weighted by atomic mass is 16.5. The van der Waals surface area contributed by atoms with Crippen molar-refractivity contribution in [1.82, 2.24) is 0 Å². The molecule has 0 atom stereocenters. The molecule has 0 N–H and O–H groups in total. The van der Waals surface area contributed by atoms with Crippen molar-refractivity contribution in [3.63, 3.8) is 0 Å². The summed E-state index contributed by atoms with van der Waals surface area (Å²) in [4.78, 5) is 23.6. The molecule has 0 heterocycles. The fraction of sp³-hybridized carbons (Fsp3) is 0.571. The smallest absolute Gasteiger partial charge is 0.386 e. The van der Waals surface area contributed by atoms with Gasteiger partial charge < -0.3 is 10.3 Å². The molecule has 0 aliphatic carbocycles. The van der Waals surface area contributed by atoms with E-state index in [9.17, 15) is 9.59 Å². The Bertz CT molecular complexity index is 219. The molecule has 0 spiro atoms. The molecule has 0 aliphatic rings. The van der Waals surface area contributed by atoms with Crippen LogP contribution in [0.3, 0.4) is 0 Å². The summed E-state index contributed by atoms with van der Waals surface area (Å²) in [5.74, 6) is -1.94. The predicted molar refractivity (Wildman–Crippen MR) is 40.6 cm³/mol. The number of hydrogen-bond donors (Lipinski definition) is 0. The lowest BCUT2D eigenvalue weighted by Crippen LogP contribution is -2.19. The minimum atomic E-state index is -0.985. The van der Waals surface area contributed by atoms with Gasteiger partial charge in [0.2, 0.25) is 0 Å². The first-order chi connectivity index (χ1) is 5.72. The van der Waals surface area contributed by atoms with Crippen LogP contribution in [0.1, 0.15) is 19.8 Å². The Balaban J connectivity index is 3.72. The molecule has 0 saturated heterocycles. The number of hydrogen-bond acceptors (Lipinski definition) is 3. The number of rotatable bonds is 5. The third kappa shape index (κ3) is 4.35. The van der Waals surface area contributed by atoms with Crippen LogP contribution >= 0.6 is 0 Å². The van der Waals surface area contributed by atoms with Crippen molar-refractivity contribution in [3.05, 3.63) is 5.53 Å². The Morgan fingerprint density at radius 3 is 2.75 bits per heavy atom. The molecule has 0 amide bonds. The molecule has 0 aromatic heterocycles. The maximum Gasteiger partial charge on any atom is 0.386 e. The van der Waals surface area contributed by atoms with Gasteiger partial charge in [0.05, 0.1) is 6.61 Å². The Morgan fingerprint density at radius 1 is 1.58 bits per heavy atom. The van der Waals surface area contributed by atoms with Crippen LogP contribution in [0.2, 0.25) is 0 Å². The fourth-order valence-electron chi connectivity index (χ4n) is 0.485. The summed E-state index contributed by atoms with van der Waals surface area (Å²) in [7, 11) is 0. The monoisotopic (exact) mass is 170 g/mol. The number of unbranched alkanes of at least 4 members (excludes halogenated alkanes) is 1. The summed E-state index contributed by atoms with van der Waals surface area (Å²) >= 11 is 0. The van der Waals surface area contributed by atoms with Crippen LogP contribution in [0.25, 0.3) is 5.53 Å². The van der Waals surface area contributed by atoms with Crippen LogP contribution in [-0.2, 0) is 14.3 Å². The SMILES string of the molecule is CCCCOC(=O)C(=O)C=[N+]=[N-]. The van der Waals surface area contributed by atoms with E-state index < -0.39 is 11.8 Å². The average molecular weight is 170 g/mol. The Hall–Kier alpha value is -1.48. The second kappa shape index (κ2) is 6.24. The quantitative estimate of drug-likeness (QED) is 0.147. The van der Waals surface area contributed by atoms with Crippen molar-refractivity contribution >= 4 is 18.0 Å². The van der Waals surface area contributed by atoms with Crippen LogP contribution in [0.15, 0.2) is 0 Å². The summed E-state index contributed by atoms with van der Waals surface area (Å²) in [6.45, 7) is 2.16. The van der Waals surface area contributed by atoms with E-state index in [0.29, 0.717) is 6.21 Å². The lowest BCUT2D eigenvalue weighted by molar-refractivity contribution is -0.152. The summed E-state index contributed by atoms with van der Waals surface area (Å²) in [5.41, 5.74) is 7.90. The maximum atomic E-state index is 10.6. The van der Waals surface area contributed by atoms with Crippen molar-refractivity contribution in [3.8, 4) is 0 Å². The van der Waals surface area contributed by atoms with Crippen molar-refractivity contribution in [2.24, 2.45) is 0 Å². The van der Waals surface area contributed by atoms with E-state index in [1.165, 1.54) is 0 Å². The third-order valence-electron chi connectivity index (χ3n) is 1.11. The summed E-state index contributed by atoms with van der Waals surface area (Å²) in [6, 6.07) is 0. The fourth-order valence-corrected chi connectivity index (χ4v) is 0.485. The molecular formula is C7H10N2O3. The van der Waals surface area contributed by atoms with Gasteiger partial charge in [-0.05, 0) is 6.42 Å². The molecular weight excluding hydrogens is 160 g/mol. The standard InChI is InChI=1S/C7H10N2O3/c1-2-3-4-12-7(11)6(10)5-9-8/h5H,2-4H2,1H3. The minimum absolute atomic E-state index is 0.223. The van der Waals surface area contributed by atoms with Gasteiger partial charge in [-0.2, -0.15) is 4.79 Å². The van der Waals surface area contributed by atoms with Crippen molar-refractivity contribution in [1.29, 1.82) is 0 Å². The van der Waals surface area contributed by atoms with Crippen LogP contribution in [0, 0.1) is 0 Å². The molecule has 12 heavy (non-hydrogen) atoms. The number of ether oxygens (including phenoxy) is 1. The molecule has 0 radical (unpaired) electrons. The zero-order valence-electron chi connectivity index (χ0n) is 6.82. The summed E-state index contributed by atoms with van der Waals surface area (Å²) in [6.07, 6.45) is 2.11. The molecule has 0 aromatic carbocycles. The Kier molecular flexibility index (Phi) is 5.47. The van der Waals surface area contributed by atoms with E-state index in [2.05, 4.69) is 9.53 Å². The maximum absolute atomic E-state index is 10.6. The van der Waals surface area contributed by atoms with Crippen molar-refractivity contribution in [2.45, 2.75) is 19.8 Å². The molecule has 5 heteroatoms. The summed E-state index contributed by atoms with van der Waals surface area (Å²) in [5, 5.41) is 0. The zero-order valence-corrected chi connectivity index (χ0v) is 6.82. The molecule has 0 aliphatic heterocycles. The lowest BCUT2D eigenvalue weighted by Gasteiger charge is -1.97. The van der Waals surface area contributed by atoms with E-state index in [4.69, 9.17) is 5.53 Å². The number of Topliss-reactive ketones (excluding diaryl/α,β-unsaturated/α-hetero) is 1. The lowest BCUT2D eigenvalue weighted by atomic mass is 10.3. The van der Waals surface area contributed by atoms with Crippen molar-refractivity contribution < 1.29 is 19.1 Å². The van der Waals surface area contributed by atoms with Gasteiger partial charge in [0.25, 0.3) is 0 Å². The van der Waals surface area contributed by atoms with Crippen LogP contribution in [-0.4, -0.2) is 29.4 Å². The average Bonchev–Trinajstić information content (AvgIpc) is 2.05. The first kappa shape index (κ1) is 10.5. The van der Waals surface area contributed by atoms with Gasteiger partial charge >= 0.3 is 18.0 Å². The number of esters is 1. The largest absolute Gasteiger partial charge is 0.460 e. The van der Waals surface area contributed by atoms with E-state index in [1.54, 1.807) is 0 Å². The summed E-state index contributed by atoms with van der Waals surface area (Å²) < 4.78 is 4.51. The van der Waals surface area contributed by atoms with Gasteiger partial charge in [0, 0.05) is 0 Å². The van der Waals surface area contributed by atoms with Crippen LogP contribution in [0.5, 0.6) is 0 Å². The van der Waals surface area contributed by atoms with Gasteiger partial charge in [-0.3, -0.25) is 4.79 Å². The van der Waals surface area contributed by atoms with Gasteiger partial charge in [-0.25, -0.2) is 4.79 Å². The first-order valence-corrected chi connectivity index (χ1v) is 3.61. The molecule has 0 bridgehead atoms. The van der Waals surface area contributed by atoms with Crippen LogP contribution in [0.4, 0.5) is 0 Å². The predicted octanol–water partition coefficient (Wildman–Crippen LogP) is 0.199. The zero-order chi connectivity index (χ0) is 9.40. The molecule has 0 rings (SSSR count). The van der Waals surface area contributed by atoms with E-state index in [1.807, 2.05) is 6.92 Å². The number of carbonyl (C=O) groups excluding carboxylic acids is 2. The van der Waals surface area contributed by atoms with Gasteiger partial charge in [-0.15, -0.1) is 0 Å². The minimum Gasteiger partial charge on any atom is -0.460 e. The normalized spacial score (nSPS) is 8.42. The number of carbonyl (C=O) groups is 2. The number of ketones is 1. The Labute approximate surface area is 69.9 Å². The van der Waals surface area contributed by atoms with E-state index in [0.717, 1.165) is 12.8 Å². The highest BCUT2D eigenvalue weighted by molar-refractivity contribution is 6.55. The van der Waals surface area contributed by atoms with Crippen LogP contribution < -0.4 is 0 Å². The molecule has 5 nitrogen and oxygen atoms in total. The Morgan fingerprint density at radius 2 is 2.25 bits per heavy atom. The second-order valence-electron chi connectivity index (χ2n) is 2.10. The molecule has 0 unspecified atom stereocenters. The molecule has 0 fully saturated rings. The second-order valence-corrected chi connectivity index (χ2v) is 2.10. The number of nitrogens with zero attached hydrogens (tertiary/aromatic N) is 2. The topological polar surface area (TPSA) is 79.8 Å². The third-order valence-corrected chi connectivity index (χ3v) is 1.11.